The Morgan fingerprint density at radius 2 is 2.27 bits per heavy atom. The van der Waals surface area contributed by atoms with Gasteiger partial charge in [-0.25, -0.2) is 9.59 Å². The zero-order chi connectivity index (χ0) is 11.4. The van der Waals surface area contributed by atoms with Gasteiger partial charge < -0.3 is 15.3 Å². The maximum absolute atomic E-state index is 11.6. The second-order valence-electron chi connectivity index (χ2n) is 3.81. The molecule has 84 valence electrons. The van der Waals surface area contributed by atoms with Gasteiger partial charge in [-0.15, -0.1) is 0 Å². The number of urea groups is 1. The van der Waals surface area contributed by atoms with Gasteiger partial charge in [-0.1, -0.05) is 12.2 Å². The van der Waals surface area contributed by atoms with Gasteiger partial charge in [0.15, 0.2) is 0 Å². The second-order valence-corrected chi connectivity index (χ2v) is 3.81. The molecule has 2 N–H and O–H groups in total. The van der Waals surface area contributed by atoms with Gasteiger partial charge in [0, 0.05) is 13.1 Å². The van der Waals surface area contributed by atoms with Gasteiger partial charge in [0.2, 0.25) is 0 Å². The molecule has 1 saturated heterocycles. The number of hydrogen-bond donors (Lipinski definition) is 2. The number of carbonyl (C=O) groups is 2. The number of rotatable bonds is 3. The molecule has 5 heteroatoms. The number of nitrogens with one attached hydrogen (secondary N) is 1. The van der Waals surface area contributed by atoms with E-state index in [4.69, 9.17) is 5.11 Å². The van der Waals surface area contributed by atoms with E-state index in [1.807, 2.05) is 0 Å². The molecule has 0 unspecified atom stereocenters. The lowest BCUT2D eigenvalue weighted by Gasteiger charge is -2.21. The van der Waals surface area contributed by atoms with E-state index >= 15 is 0 Å². The van der Waals surface area contributed by atoms with E-state index in [0.717, 1.165) is 12.0 Å². The zero-order valence-electron chi connectivity index (χ0n) is 8.82. The summed E-state index contributed by atoms with van der Waals surface area (Å²) in [7, 11) is 0. The third-order valence-electron chi connectivity index (χ3n) is 2.34. The average Bonchev–Trinajstić information content (AvgIpc) is 2.62. The van der Waals surface area contributed by atoms with E-state index in [1.165, 1.54) is 4.90 Å². The first-order valence-electron chi connectivity index (χ1n) is 4.94. The molecular weight excluding hydrogens is 196 g/mol. The highest BCUT2D eigenvalue weighted by Gasteiger charge is 2.33. The molecule has 15 heavy (non-hydrogen) atoms. The molecule has 1 fully saturated rings. The van der Waals surface area contributed by atoms with Crippen LogP contribution in [-0.2, 0) is 4.79 Å². The van der Waals surface area contributed by atoms with E-state index in [1.54, 1.807) is 6.92 Å². The van der Waals surface area contributed by atoms with Crippen LogP contribution in [0.2, 0.25) is 0 Å². The summed E-state index contributed by atoms with van der Waals surface area (Å²) in [4.78, 5) is 23.8. The Kier molecular flexibility index (Phi) is 3.71. The van der Waals surface area contributed by atoms with Gasteiger partial charge >= 0.3 is 12.0 Å². The molecule has 0 saturated carbocycles. The standard InChI is InChI=1S/C10H16N2O3/c1-7(2)6-11-10(15)12-5-3-4-8(12)9(13)14/h8H,1,3-6H2,2H3,(H,11,15)(H,13,14)/t8-/m1/s1. The van der Waals surface area contributed by atoms with Gasteiger partial charge in [-0.3, -0.25) is 0 Å². The van der Waals surface area contributed by atoms with Crippen LogP contribution in [0, 0.1) is 0 Å². The molecule has 1 rings (SSSR count). The Hall–Kier alpha value is -1.52. The van der Waals surface area contributed by atoms with Gasteiger partial charge in [0.25, 0.3) is 0 Å². The van der Waals surface area contributed by atoms with Crippen molar-refractivity contribution < 1.29 is 14.7 Å². The Balaban J connectivity index is 2.51. The lowest BCUT2D eigenvalue weighted by atomic mass is 10.2. The number of nitrogens with zero attached hydrogens (tertiary/aromatic N) is 1. The fourth-order valence-corrected chi connectivity index (χ4v) is 1.59. The molecule has 1 atom stereocenters. The summed E-state index contributed by atoms with van der Waals surface area (Å²) in [6, 6.07) is -0.988. The molecule has 0 aromatic carbocycles. The second kappa shape index (κ2) is 4.82. The lowest BCUT2D eigenvalue weighted by Crippen LogP contribution is -2.46. The summed E-state index contributed by atoms with van der Waals surface area (Å²) in [5.74, 6) is -0.932. The van der Waals surface area contributed by atoms with Crippen molar-refractivity contribution in [3.8, 4) is 0 Å². The van der Waals surface area contributed by atoms with Crippen LogP contribution in [0.3, 0.4) is 0 Å². The molecule has 0 radical (unpaired) electrons. The maximum Gasteiger partial charge on any atom is 0.326 e. The highest BCUT2D eigenvalue weighted by molar-refractivity contribution is 5.83. The first-order chi connectivity index (χ1) is 7.02. The van der Waals surface area contributed by atoms with Gasteiger partial charge in [0.05, 0.1) is 0 Å². The van der Waals surface area contributed by atoms with E-state index in [2.05, 4.69) is 11.9 Å². The number of carboxylic acid groups (broad SMARTS) is 1. The van der Waals surface area contributed by atoms with E-state index in [0.29, 0.717) is 19.5 Å². The minimum Gasteiger partial charge on any atom is -0.480 e. The first kappa shape index (κ1) is 11.6. The minimum atomic E-state index is -0.932. The number of aliphatic carboxylic acids is 1. The van der Waals surface area contributed by atoms with Crippen LogP contribution in [0.1, 0.15) is 19.8 Å². The van der Waals surface area contributed by atoms with E-state index < -0.39 is 12.0 Å². The summed E-state index contributed by atoms with van der Waals surface area (Å²) < 4.78 is 0. The van der Waals surface area contributed by atoms with Crippen LogP contribution in [-0.4, -0.2) is 41.1 Å². The van der Waals surface area contributed by atoms with Crippen LogP contribution in [0.15, 0.2) is 12.2 Å². The fraction of sp³-hybridized carbons (Fsp3) is 0.600. The molecule has 0 aromatic rings. The summed E-state index contributed by atoms with van der Waals surface area (Å²) in [5, 5.41) is 11.5. The van der Waals surface area contributed by atoms with Crippen LogP contribution >= 0.6 is 0 Å². The third kappa shape index (κ3) is 2.97. The zero-order valence-corrected chi connectivity index (χ0v) is 8.82. The van der Waals surface area contributed by atoms with E-state index in [-0.39, 0.29) is 6.03 Å². The molecule has 1 aliphatic heterocycles. The topological polar surface area (TPSA) is 69.6 Å². The average molecular weight is 212 g/mol. The fourth-order valence-electron chi connectivity index (χ4n) is 1.59. The maximum atomic E-state index is 11.6. The number of carbonyl (C=O) groups excluding carboxylic acids is 1. The monoisotopic (exact) mass is 212 g/mol. The molecule has 2 amide bonds. The van der Waals surface area contributed by atoms with Crippen molar-refractivity contribution in [3.05, 3.63) is 12.2 Å². The van der Waals surface area contributed by atoms with Crippen molar-refractivity contribution in [1.82, 2.24) is 10.2 Å². The summed E-state index contributed by atoms with van der Waals surface area (Å²) in [5.41, 5.74) is 0.842. The van der Waals surface area contributed by atoms with Crippen LogP contribution in [0.25, 0.3) is 0 Å². The Morgan fingerprint density at radius 3 is 2.80 bits per heavy atom. The van der Waals surface area contributed by atoms with Crippen LogP contribution in [0.5, 0.6) is 0 Å². The SMILES string of the molecule is C=C(C)CNC(=O)N1CCC[C@@H]1C(=O)O. The highest BCUT2D eigenvalue weighted by atomic mass is 16.4. The largest absolute Gasteiger partial charge is 0.480 e. The lowest BCUT2D eigenvalue weighted by molar-refractivity contribution is -0.141. The molecule has 5 nitrogen and oxygen atoms in total. The molecular formula is C10H16N2O3. The predicted molar refractivity (Wildman–Crippen MR) is 55.6 cm³/mol. The number of likely N-dealkylation sites (tertiary alicyclic amines) is 1. The molecule has 0 spiro atoms. The smallest absolute Gasteiger partial charge is 0.326 e. The molecule has 0 aliphatic carbocycles. The molecule has 1 heterocycles. The van der Waals surface area contributed by atoms with E-state index in [9.17, 15) is 9.59 Å². The van der Waals surface area contributed by atoms with Crippen LogP contribution < -0.4 is 5.32 Å². The predicted octanol–water partition coefficient (Wildman–Crippen LogP) is 0.821. The Bertz CT molecular complexity index is 288. The third-order valence-corrected chi connectivity index (χ3v) is 2.34. The molecule has 1 aliphatic rings. The first-order valence-corrected chi connectivity index (χ1v) is 4.94. The van der Waals surface area contributed by atoms with Crippen molar-refractivity contribution in [2.24, 2.45) is 0 Å². The molecule has 0 aromatic heterocycles. The normalized spacial score (nSPS) is 20.1. The summed E-state index contributed by atoms with van der Waals surface area (Å²) in [6.07, 6.45) is 1.29. The van der Waals surface area contributed by atoms with Gasteiger partial charge in [-0.2, -0.15) is 0 Å². The van der Waals surface area contributed by atoms with Crippen LogP contribution in [0.4, 0.5) is 4.79 Å². The summed E-state index contributed by atoms with van der Waals surface area (Å²) in [6.45, 7) is 6.37. The number of amides is 2. The van der Waals surface area contributed by atoms with Crippen molar-refractivity contribution in [2.75, 3.05) is 13.1 Å². The van der Waals surface area contributed by atoms with Crippen molar-refractivity contribution in [1.29, 1.82) is 0 Å². The number of hydrogen-bond acceptors (Lipinski definition) is 2. The number of carboxylic acids is 1. The van der Waals surface area contributed by atoms with Crippen molar-refractivity contribution >= 4 is 12.0 Å². The van der Waals surface area contributed by atoms with Crippen molar-refractivity contribution in [3.63, 3.8) is 0 Å². The summed E-state index contributed by atoms with van der Waals surface area (Å²) >= 11 is 0. The highest BCUT2D eigenvalue weighted by Crippen LogP contribution is 2.17. The van der Waals surface area contributed by atoms with Gasteiger partial charge in [-0.05, 0) is 19.8 Å². The van der Waals surface area contributed by atoms with Crippen molar-refractivity contribution in [2.45, 2.75) is 25.8 Å². The Labute approximate surface area is 88.8 Å². The Morgan fingerprint density at radius 1 is 1.60 bits per heavy atom. The molecule has 0 bridgehead atoms. The minimum absolute atomic E-state index is 0.317. The quantitative estimate of drug-likeness (QED) is 0.680. The van der Waals surface area contributed by atoms with Gasteiger partial charge in [0.1, 0.15) is 6.04 Å².